The molecule has 2 aliphatic rings. The van der Waals surface area contributed by atoms with Gasteiger partial charge in [-0.15, -0.1) is 0 Å². The smallest absolute Gasteiger partial charge is 0.148 e. The summed E-state index contributed by atoms with van der Waals surface area (Å²) >= 11 is 0. The summed E-state index contributed by atoms with van der Waals surface area (Å²) in [6.07, 6.45) is 3.80. The molecule has 7 nitrogen and oxygen atoms in total. The standard InChI is InChI=1S/C28H24N4O3/c1-17-10-24(11-20(13-29)28(17)35-23-7-8-23)34-22-5-2-18(3-6-22)19-4-9-25-26(12-19)30-14-27(31-25)32-15-21(33)16-32/h2-6,9-12,14,21,23,33H,7-8,15-16H2,1H3. The molecular formula is C28H24N4O3. The first-order valence-corrected chi connectivity index (χ1v) is 11.8. The number of aliphatic hydroxyl groups is 1. The van der Waals surface area contributed by atoms with Crippen LogP contribution in [-0.4, -0.2) is 40.4 Å². The van der Waals surface area contributed by atoms with Crippen molar-refractivity contribution in [2.24, 2.45) is 0 Å². The number of nitriles is 1. The first kappa shape index (κ1) is 21.4. The van der Waals surface area contributed by atoms with E-state index >= 15 is 0 Å². The van der Waals surface area contributed by atoms with Gasteiger partial charge in [-0.25, -0.2) is 4.98 Å². The first-order chi connectivity index (χ1) is 17.1. The predicted octanol–water partition coefficient (Wildman–Crippen LogP) is 4.99. The molecule has 7 heteroatoms. The van der Waals surface area contributed by atoms with Crippen molar-refractivity contribution < 1.29 is 14.6 Å². The van der Waals surface area contributed by atoms with Gasteiger partial charge < -0.3 is 19.5 Å². The van der Waals surface area contributed by atoms with Crippen LogP contribution >= 0.6 is 0 Å². The number of β-amino-alcohol motifs (C(OH)–C–C–N with tert-alkyl or cyclic N) is 1. The third kappa shape index (κ3) is 4.36. The maximum Gasteiger partial charge on any atom is 0.148 e. The van der Waals surface area contributed by atoms with E-state index in [2.05, 4.69) is 16.0 Å². The molecule has 1 saturated carbocycles. The second-order valence-electron chi connectivity index (χ2n) is 9.16. The van der Waals surface area contributed by atoms with Crippen molar-refractivity contribution in [3.63, 3.8) is 0 Å². The van der Waals surface area contributed by atoms with Crippen LogP contribution in [0.15, 0.2) is 60.8 Å². The zero-order chi connectivity index (χ0) is 23.9. The van der Waals surface area contributed by atoms with Crippen LogP contribution in [0.4, 0.5) is 5.82 Å². The topological polar surface area (TPSA) is 91.5 Å². The van der Waals surface area contributed by atoms with Gasteiger partial charge in [-0.1, -0.05) is 18.2 Å². The molecule has 1 aliphatic carbocycles. The highest BCUT2D eigenvalue weighted by Gasteiger charge is 2.26. The summed E-state index contributed by atoms with van der Waals surface area (Å²) in [6.45, 7) is 3.14. The van der Waals surface area contributed by atoms with E-state index in [0.29, 0.717) is 35.9 Å². The van der Waals surface area contributed by atoms with E-state index in [9.17, 15) is 10.4 Å². The van der Waals surface area contributed by atoms with Crippen LogP contribution in [0.3, 0.4) is 0 Å². The first-order valence-electron chi connectivity index (χ1n) is 11.8. The average Bonchev–Trinajstić information content (AvgIpc) is 3.68. The SMILES string of the molecule is Cc1cc(Oc2ccc(-c3ccc4nc(N5CC(O)C5)cnc4c3)cc2)cc(C#N)c1OC1CC1. The van der Waals surface area contributed by atoms with E-state index in [-0.39, 0.29) is 12.2 Å². The maximum absolute atomic E-state index is 9.57. The molecule has 0 amide bonds. The molecule has 1 saturated heterocycles. The Morgan fingerprint density at radius 1 is 0.971 bits per heavy atom. The van der Waals surface area contributed by atoms with Crippen molar-refractivity contribution in [3.05, 3.63) is 71.9 Å². The van der Waals surface area contributed by atoms with Crippen LogP contribution in [0.25, 0.3) is 22.2 Å². The maximum atomic E-state index is 9.57. The number of aryl methyl sites for hydroxylation is 1. The molecule has 0 atom stereocenters. The van der Waals surface area contributed by atoms with Gasteiger partial charge in [0.05, 0.1) is 35.0 Å². The number of rotatable bonds is 6. The summed E-state index contributed by atoms with van der Waals surface area (Å²) in [5.41, 5.74) is 5.11. The summed E-state index contributed by atoms with van der Waals surface area (Å²) in [7, 11) is 0. The van der Waals surface area contributed by atoms with E-state index in [1.54, 1.807) is 12.3 Å². The Hall–Kier alpha value is -4.15. The van der Waals surface area contributed by atoms with Crippen LogP contribution < -0.4 is 14.4 Å². The van der Waals surface area contributed by atoms with E-state index in [1.165, 1.54) is 0 Å². The molecule has 3 aromatic carbocycles. The second kappa shape index (κ2) is 8.57. The molecule has 174 valence electrons. The Labute approximate surface area is 203 Å². The molecule has 0 unspecified atom stereocenters. The van der Waals surface area contributed by atoms with Crippen molar-refractivity contribution in [1.82, 2.24) is 9.97 Å². The Morgan fingerprint density at radius 2 is 1.74 bits per heavy atom. The van der Waals surface area contributed by atoms with Gasteiger partial charge in [0.25, 0.3) is 0 Å². The number of ether oxygens (including phenoxy) is 2. The fourth-order valence-electron chi connectivity index (χ4n) is 4.22. The summed E-state index contributed by atoms with van der Waals surface area (Å²) < 4.78 is 12.0. The number of benzene rings is 3. The van der Waals surface area contributed by atoms with Gasteiger partial charge in [0.2, 0.25) is 0 Å². The minimum absolute atomic E-state index is 0.234. The summed E-state index contributed by atoms with van der Waals surface area (Å²) in [5, 5.41) is 19.1. The zero-order valence-corrected chi connectivity index (χ0v) is 19.3. The number of hydrogen-bond acceptors (Lipinski definition) is 7. The normalized spacial score (nSPS) is 15.5. The van der Waals surface area contributed by atoms with Gasteiger partial charge in [-0.05, 0) is 66.8 Å². The Bertz CT molecular complexity index is 1450. The lowest BCUT2D eigenvalue weighted by molar-refractivity contribution is 0.141. The number of nitrogens with zero attached hydrogens (tertiary/aromatic N) is 4. The Balaban J connectivity index is 1.19. The summed E-state index contributed by atoms with van der Waals surface area (Å²) in [6, 6.07) is 19.7. The van der Waals surface area contributed by atoms with Gasteiger partial charge >= 0.3 is 0 Å². The van der Waals surface area contributed by atoms with Crippen molar-refractivity contribution >= 4 is 16.9 Å². The minimum Gasteiger partial charge on any atom is -0.489 e. The molecule has 1 aliphatic heterocycles. The molecule has 0 spiro atoms. The Kier molecular flexibility index (Phi) is 5.24. The van der Waals surface area contributed by atoms with Crippen LogP contribution in [0.1, 0.15) is 24.0 Å². The fraction of sp³-hybridized carbons (Fsp3) is 0.250. The van der Waals surface area contributed by atoms with Crippen LogP contribution in [-0.2, 0) is 0 Å². The number of fused-ring (bicyclic) bond motifs is 1. The molecule has 2 heterocycles. The highest BCUT2D eigenvalue weighted by molar-refractivity contribution is 5.82. The van der Waals surface area contributed by atoms with Crippen molar-refractivity contribution in [2.75, 3.05) is 18.0 Å². The molecule has 1 aromatic heterocycles. The van der Waals surface area contributed by atoms with Crippen molar-refractivity contribution in [3.8, 4) is 34.4 Å². The third-order valence-corrected chi connectivity index (χ3v) is 6.32. The molecule has 2 fully saturated rings. The Morgan fingerprint density at radius 3 is 2.46 bits per heavy atom. The molecule has 6 rings (SSSR count). The van der Waals surface area contributed by atoms with Gasteiger partial charge in [0, 0.05) is 19.2 Å². The number of anilines is 1. The number of hydrogen-bond donors (Lipinski definition) is 1. The lowest BCUT2D eigenvalue weighted by atomic mass is 10.0. The van der Waals surface area contributed by atoms with Gasteiger partial charge in [-0.3, -0.25) is 4.98 Å². The van der Waals surface area contributed by atoms with E-state index in [4.69, 9.17) is 9.47 Å². The van der Waals surface area contributed by atoms with Gasteiger partial charge in [0.1, 0.15) is 29.1 Å². The molecule has 0 bridgehead atoms. The van der Waals surface area contributed by atoms with Crippen molar-refractivity contribution in [1.29, 1.82) is 5.26 Å². The lowest BCUT2D eigenvalue weighted by Gasteiger charge is -2.36. The van der Waals surface area contributed by atoms with E-state index in [1.807, 2.05) is 60.4 Å². The third-order valence-electron chi connectivity index (χ3n) is 6.32. The second-order valence-corrected chi connectivity index (χ2v) is 9.16. The van der Waals surface area contributed by atoms with Gasteiger partial charge in [-0.2, -0.15) is 5.26 Å². The average molecular weight is 465 g/mol. The molecule has 1 N–H and O–H groups in total. The monoisotopic (exact) mass is 464 g/mol. The van der Waals surface area contributed by atoms with Crippen LogP contribution in [0.5, 0.6) is 17.2 Å². The predicted molar refractivity (Wildman–Crippen MR) is 133 cm³/mol. The lowest BCUT2D eigenvalue weighted by Crippen LogP contribution is -2.51. The largest absolute Gasteiger partial charge is 0.489 e. The zero-order valence-electron chi connectivity index (χ0n) is 19.3. The van der Waals surface area contributed by atoms with E-state index < -0.39 is 0 Å². The molecule has 35 heavy (non-hydrogen) atoms. The van der Waals surface area contributed by atoms with Crippen LogP contribution in [0.2, 0.25) is 0 Å². The molecule has 0 radical (unpaired) electrons. The highest BCUT2D eigenvalue weighted by atomic mass is 16.5. The minimum atomic E-state index is -0.278. The number of aromatic nitrogens is 2. The van der Waals surface area contributed by atoms with Gasteiger partial charge in [0.15, 0.2) is 0 Å². The van der Waals surface area contributed by atoms with Crippen LogP contribution in [0, 0.1) is 18.3 Å². The van der Waals surface area contributed by atoms with E-state index in [0.717, 1.165) is 46.4 Å². The van der Waals surface area contributed by atoms with Crippen molar-refractivity contribution in [2.45, 2.75) is 32.0 Å². The highest BCUT2D eigenvalue weighted by Crippen LogP contribution is 2.36. The summed E-state index contributed by atoms with van der Waals surface area (Å²) in [5.74, 6) is 2.75. The molecular weight excluding hydrogens is 440 g/mol. The molecule has 4 aromatic rings. The number of aliphatic hydroxyl groups excluding tert-OH is 1. The fourth-order valence-corrected chi connectivity index (χ4v) is 4.22. The quantitative estimate of drug-likeness (QED) is 0.430. The summed E-state index contributed by atoms with van der Waals surface area (Å²) in [4.78, 5) is 11.3.